The molecule has 0 saturated heterocycles. The summed E-state index contributed by atoms with van der Waals surface area (Å²) < 4.78 is 1.63. The average Bonchev–Trinajstić information content (AvgIpc) is 2.70. The summed E-state index contributed by atoms with van der Waals surface area (Å²) in [6, 6.07) is 5.30. The molecule has 0 unspecified atom stereocenters. The number of benzene rings is 1. The molecule has 0 atom stereocenters. The molecular formula is C12H13Cl2N3O. The largest absolute Gasteiger partial charge is 0.384 e. The van der Waals surface area contributed by atoms with E-state index in [1.807, 2.05) is 6.07 Å². The number of hydrogen-bond donors (Lipinski definition) is 1. The van der Waals surface area contributed by atoms with Gasteiger partial charge < -0.3 is 5.11 Å². The first-order chi connectivity index (χ1) is 8.36. The van der Waals surface area contributed by atoms with Gasteiger partial charge in [0.1, 0.15) is 11.3 Å². The molecule has 0 saturated carbocycles. The molecular weight excluding hydrogens is 273 g/mol. The van der Waals surface area contributed by atoms with Gasteiger partial charge in [-0.3, -0.25) is 0 Å². The zero-order valence-corrected chi connectivity index (χ0v) is 11.6. The number of nitrogens with zero attached hydrogens (tertiary/aromatic N) is 3. The highest BCUT2D eigenvalue weighted by Gasteiger charge is 2.20. The number of rotatable bonds is 3. The van der Waals surface area contributed by atoms with Crippen molar-refractivity contribution in [3.8, 4) is 0 Å². The molecule has 0 aliphatic heterocycles. The quantitative estimate of drug-likeness (QED) is 0.944. The summed E-state index contributed by atoms with van der Waals surface area (Å²) in [6.45, 7) is 3.81. The maximum atomic E-state index is 9.80. The van der Waals surface area contributed by atoms with Crippen LogP contribution < -0.4 is 0 Å². The summed E-state index contributed by atoms with van der Waals surface area (Å²) in [6.07, 6.45) is 1.70. The van der Waals surface area contributed by atoms with Crippen LogP contribution in [0.1, 0.15) is 25.1 Å². The van der Waals surface area contributed by atoms with Crippen LogP contribution in [0.4, 0.5) is 0 Å². The highest BCUT2D eigenvalue weighted by atomic mass is 35.5. The van der Waals surface area contributed by atoms with E-state index in [4.69, 9.17) is 23.2 Å². The van der Waals surface area contributed by atoms with Crippen LogP contribution in [0.3, 0.4) is 0 Å². The first kappa shape index (κ1) is 13.3. The molecule has 0 amide bonds. The number of aliphatic hydroxyl groups is 1. The Morgan fingerprint density at radius 3 is 2.61 bits per heavy atom. The minimum absolute atomic E-state index is 0.485. The third-order valence-electron chi connectivity index (χ3n) is 2.51. The Balaban J connectivity index is 2.21. The van der Waals surface area contributed by atoms with E-state index in [1.54, 1.807) is 36.9 Å². The molecule has 0 aliphatic rings. The van der Waals surface area contributed by atoms with E-state index in [0.29, 0.717) is 22.3 Å². The van der Waals surface area contributed by atoms with Crippen molar-refractivity contribution in [2.24, 2.45) is 0 Å². The van der Waals surface area contributed by atoms with Crippen LogP contribution in [0.25, 0.3) is 0 Å². The lowest BCUT2D eigenvalue weighted by molar-refractivity contribution is 0.0737. The second-order valence-electron chi connectivity index (χ2n) is 4.60. The fraction of sp³-hybridized carbons (Fsp3) is 0.333. The fourth-order valence-electron chi connectivity index (χ4n) is 1.48. The van der Waals surface area contributed by atoms with Crippen molar-refractivity contribution in [2.75, 3.05) is 0 Å². The van der Waals surface area contributed by atoms with E-state index in [2.05, 4.69) is 10.3 Å². The summed E-state index contributed by atoms with van der Waals surface area (Å²) in [5.41, 5.74) is 0.419. The van der Waals surface area contributed by atoms with Crippen molar-refractivity contribution < 1.29 is 5.11 Å². The van der Waals surface area contributed by atoms with Crippen molar-refractivity contribution in [2.45, 2.75) is 26.0 Å². The predicted octanol–water partition coefficient (Wildman–Crippen LogP) is 2.86. The van der Waals surface area contributed by atoms with Gasteiger partial charge >= 0.3 is 0 Å². The van der Waals surface area contributed by atoms with Gasteiger partial charge in [0, 0.05) is 10.0 Å². The molecule has 0 bridgehead atoms. The Morgan fingerprint density at radius 1 is 1.33 bits per heavy atom. The lowest BCUT2D eigenvalue weighted by atomic mass is 10.1. The van der Waals surface area contributed by atoms with E-state index in [-0.39, 0.29) is 0 Å². The average molecular weight is 286 g/mol. The van der Waals surface area contributed by atoms with Crippen molar-refractivity contribution in [1.29, 1.82) is 0 Å². The van der Waals surface area contributed by atoms with Gasteiger partial charge in [-0.1, -0.05) is 34.5 Å². The first-order valence-electron chi connectivity index (χ1n) is 5.43. The Morgan fingerprint density at radius 2 is 2.06 bits per heavy atom. The molecule has 1 aromatic heterocycles. The van der Waals surface area contributed by atoms with Gasteiger partial charge in [0.05, 0.1) is 12.7 Å². The van der Waals surface area contributed by atoms with Crippen LogP contribution in [-0.4, -0.2) is 20.1 Å². The van der Waals surface area contributed by atoms with Gasteiger partial charge in [0.25, 0.3) is 0 Å². The van der Waals surface area contributed by atoms with Gasteiger partial charge in [0.2, 0.25) is 0 Å². The second-order valence-corrected chi connectivity index (χ2v) is 5.44. The summed E-state index contributed by atoms with van der Waals surface area (Å²) in [5.74, 6) is 0. The SMILES string of the molecule is CC(C)(O)c1cn(Cc2ccc(Cl)cc2Cl)nn1. The molecule has 0 spiro atoms. The third kappa shape index (κ3) is 3.02. The van der Waals surface area contributed by atoms with E-state index in [0.717, 1.165) is 5.56 Å². The lowest BCUT2D eigenvalue weighted by Crippen LogP contribution is -2.15. The first-order valence-corrected chi connectivity index (χ1v) is 6.19. The van der Waals surface area contributed by atoms with Crippen LogP contribution in [-0.2, 0) is 12.1 Å². The topological polar surface area (TPSA) is 50.9 Å². The van der Waals surface area contributed by atoms with Crippen molar-refractivity contribution >= 4 is 23.2 Å². The zero-order valence-electron chi connectivity index (χ0n) is 10.1. The normalized spacial score (nSPS) is 11.8. The molecule has 1 aromatic carbocycles. The highest BCUT2D eigenvalue weighted by molar-refractivity contribution is 6.35. The van der Waals surface area contributed by atoms with Gasteiger partial charge in [-0.15, -0.1) is 5.10 Å². The molecule has 1 N–H and O–H groups in total. The zero-order chi connectivity index (χ0) is 13.3. The molecule has 2 aromatic rings. The minimum Gasteiger partial charge on any atom is -0.384 e. The van der Waals surface area contributed by atoms with E-state index < -0.39 is 5.60 Å². The third-order valence-corrected chi connectivity index (χ3v) is 3.10. The Bertz CT molecular complexity index is 561. The minimum atomic E-state index is -0.998. The van der Waals surface area contributed by atoms with Gasteiger partial charge in [0.15, 0.2) is 0 Å². The van der Waals surface area contributed by atoms with Gasteiger partial charge in [-0.05, 0) is 31.5 Å². The van der Waals surface area contributed by atoms with Crippen molar-refractivity contribution in [3.05, 3.63) is 45.7 Å². The van der Waals surface area contributed by atoms with Crippen LogP contribution >= 0.6 is 23.2 Å². The molecule has 2 rings (SSSR count). The van der Waals surface area contributed by atoms with Crippen molar-refractivity contribution in [1.82, 2.24) is 15.0 Å². The molecule has 4 nitrogen and oxygen atoms in total. The van der Waals surface area contributed by atoms with E-state index in [9.17, 15) is 5.11 Å². The van der Waals surface area contributed by atoms with Gasteiger partial charge in [-0.25, -0.2) is 4.68 Å². The smallest absolute Gasteiger partial charge is 0.114 e. The summed E-state index contributed by atoms with van der Waals surface area (Å²) in [4.78, 5) is 0. The molecule has 6 heteroatoms. The molecule has 0 aliphatic carbocycles. The van der Waals surface area contributed by atoms with E-state index >= 15 is 0 Å². The molecule has 0 fully saturated rings. The summed E-state index contributed by atoms with van der Waals surface area (Å²) in [5, 5.41) is 18.9. The monoisotopic (exact) mass is 285 g/mol. The van der Waals surface area contributed by atoms with E-state index in [1.165, 1.54) is 0 Å². The molecule has 96 valence electrons. The molecule has 18 heavy (non-hydrogen) atoms. The Hall–Kier alpha value is -1.10. The van der Waals surface area contributed by atoms with Crippen LogP contribution in [0.5, 0.6) is 0 Å². The van der Waals surface area contributed by atoms with Crippen molar-refractivity contribution in [3.63, 3.8) is 0 Å². The van der Waals surface area contributed by atoms with Gasteiger partial charge in [-0.2, -0.15) is 0 Å². The highest BCUT2D eigenvalue weighted by Crippen LogP contribution is 2.22. The second kappa shape index (κ2) is 4.88. The Kier molecular flexibility index (Phi) is 3.61. The fourth-order valence-corrected chi connectivity index (χ4v) is 1.95. The van der Waals surface area contributed by atoms with Crippen LogP contribution in [0, 0.1) is 0 Å². The summed E-state index contributed by atoms with van der Waals surface area (Å²) in [7, 11) is 0. The lowest BCUT2D eigenvalue weighted by Gasteiger charge is -2.11. The summed E-state index contributed by atoms with van der Waals surface area (Å²) >= 11 is 11.9. The maximum absolute atomic E-state index is 9.80. The molecule has 0 radical (unpaired) electrons. The Labute approximate surface area is 115 Å². The van der Waals surface area contributed by atoms with Crippen LogP contribution in [0.2, 0.25) is 10.0 Å². The maximum Gasteiger partial charge on any atom is 0.114 e. The standard InChI is InChI=1S/C12H13Cl2N3O/c1-12(2,18)11-7-17(16-15-11)6-8-3-4-9(13)5-10(8)14/h3-5,7,18H,6H2,1-2H3. The molecule has 1 heterocycles. The van der Waals surface area contributed by atoms with Crippen LogP contribution in [0.15, 0.2) is 24.4 Å². The number of halogens is 2. The number of hydrogen-bond acceptors (Lipinski definition) is 3. The predicted molar refractivity (Wildman–Crippen MR) is 70.8 cm³/mol. The number of aromatic nitrogens is 3.